The molecule has 0 saturated carbocycles. The van der Waals surface area contributed by atoms with Crippen molar-refractivity contribution in [2.75, 3.05) is 6.61 Å². The van der Waals surface area contributed by atoms with Crippen molar-refractivity contribution in [1.82, 2.24) is 0 Å². The van der Waals surface area contributed by atoms with Crippen molar-refractivity contribution in [2.24, 2.45) is 0 Å². The van der Waals surface area contributed by atoms with Gasteiger partial charge in [-0.2, -0.15) is 0 Å². The molecule has 0 saturated heterocycles. The number of ether oxygens (including phenoxy) is 1. The molecule has 0 aromatic heterocycles. The molecular formula is C17H18FO. The van der Waals surface area contributed by atoms with Gasteiger partial charge in [-0.05, 0) is 61.6 Å². The van der Waals surface area contributed by atoms with Gasteiger partial charge in [0.15, 0.2) is 0 Å². The number of hydrogen-bond donors (Lipinski definition) is 0. The van der Waals surface area contributed by atoms with Crippen LogP contribution < -0.4 is 4.74 Å². The van der Waals surface area contributed by atoms with Crippen LogP contribution in [0.1, 0.15) is 23.6 Å². The Bertz CT molecular complexity index is 549. The van der Waals surface area contributed by atoms with Gasteiger partial charge in [0, 0.05) is 0 Å². The van der Waals surface area contributed by atoms with Crippen LogP contribution in [-0.4, -0.2) is 6.61 Å². The van der Waals surface area contributed by atoms with E-state index in [0.29, 0.717) is 18.6 Å². The van der Waals surface area contributed by atoms with Gasteiger partial charge in [-0.15, -0.1) is 0 Å². The summed E-state index contributed by atoms with van der Waals surface area (Å²) in [5.74, 6) is 0.706. The predicted molar refractivity (Wildman–Crippen MR) is 75.9 cm³/mol. The van der Waals surface area contributed by atoms with E-state index in [1.807, 2.05) is 56.7 Å². The fraction of sp³-hybridized carbons (Fsp3) is 0.235. The average Bonchev–Trinajstić information content (AvgIpc) is 2.38. The highest BCUT2D eigenvalue weighted by Gasteiger charge is 2.04. The Morgan fingerprint density at radius 1 is 1.16 bits per heavy atom. The van der Waals surface area contributed by atoms with Gasteiger partial charge < -0.3 is 4.74 Å². The molecule has 99 valence electrons. The zero-order valence-corrected chi connectivity index (χ0v) is 11.3. The van der Waals surface area contributed by atoms with E-state index < -0.39 is 0 Å². The Morgan fingerprint density at radius 2 is 2.00 bits per heavy atom. The highest BCUT2D eigenvalue weighted by Crippen LogP contribution is 2.18. The lowest BCUT2D eigenvalue weighted by atomic mass is 10.0. The van der Waals surface area contributed by atoms with Gasteiger partial charge in [-0.25, -0.2) is 4.39 Å². The van der Waals surface area contributed by atoms with Crippen molar-refractivity contribution in [1.29, 1.82) is 0 Å². The van der Waals surface area contributed by atoms with Gasteiger partial charge in [-0.3, -0.25) is 0 Å². The van der Waals surface area contributed by atoms with Gasteiger partial charge in [-0.1, -0.05) is 24.3 Å². The van der Waals surface area contributed by atoms with E-state index >= 15 is 0 Å². The fourth-order valence-corrected chi connectivity index (χ4v) is 1.94. The van der Waals surface area contributed by atoms with Crippen LogP contribution in [0, 0.1) is 19.2 Å². The zero-order chi connectivity index (χ0) is 13.7. The molecule has 0 amide bonds. The molecule has 0 aliphatic carbocycles. The predicted octanol–water partition coefficient (Wildman–Crippen LogP) is 4.33. The third-order valence-electron chi connectivity index (χ3n) is 2.94. The van der Waals surface area contributed by atoms with Gasteiger partial charge in [0.1, 0.15) is 11.6 Å². The number of rotatable bonds is 5. The quantitative estimate of drug-likeness (QED) is 0.774. The summed E-state index contributed by atoms with van der Waals surface area (Å²) < 4.78 is 19.2. The van der Waals surface area contributed by atoms with Crippen molar-refractivity contribution in [3.63, 3.8) is 0 Å². The smallest absolute Gasteiger partial charge is 0.126 e. The average molecular weight is 257 g/mol. The second kappa shape index (κ2) is 6.37. The lowest BCUT2D eigenvalue weighted by Gasteiger charge is -2.07. The first-order chi connectivity index (χ1) is 9.19. The largest absolute Gasteiger partial charge is 0.494 e. The Kier molecular flexibility index (Phi) is 4.56. The summed E-state index contributed by atoms with van der Waals surface area (Å²) >= 11 is 0. The van der Waals surface area contributed by atoms with Crippen LogP contribution in [0.15, 0.2) is 42.5 Å². The van der Waals surface area contributed by atoms with Gasteiger partial charge in [0.25, 0.3) is 0 Å². The van der Waals surface area contributed by atoms with Crippen molar-refractivity contribution < 1.29 is 9.13 Å². The summed E-state index contributed by atoms with van der Waals surface area (Å²) in [6.07, 6.45) is 2.60. The number of hydrogen-bond acceptors (Lipinski definition) is 1. The molecule has 0 aliphatic heterocycles. The molecule has 19 heavy (non-hydrogen) atoms. The molecule has 1 radical (unpaired) electrons. The SMILES string of the molecule is CCOc1cccc([CH]Cc2ccc(C)cc2F)c1. The number of aryl methyl sites for hydroxylation is 1. The minimum Gasteiger partial charge on any atom is -0.494 e. The highest BCUT2D eigenvalue weighted by molar-refractivity contribution is 5.35. The van der Waals surface area contributed by atoms with E-state index in [9.17, 15) is 4.39 Å². The standard InChI is InChI=1S/C17H18FO/c1-3-19-16-6-4-5-14(12-16)8-10-15-9-7-13(2)11-17(15)18/h4-9,11-12H,3,10H2,1-2H3. The summed E-state index contributed by atoms with van der Waals surface area (Å²) in [7, 11) is 0. The van der Waals surface area contributed by atoms with Crippen molar-refractivity contribution in [3.8, 4) is 5.75 Å². The monoisotopic (exact) mass is 257 g/mol. The molecular weight excluding hydrogens is 239 g/mol. The molecule has 2 aromatic carbocycles. The number of benzene rings is 2. The Labute approximate surface area is 114 Å². The molecule has 0 atom stereocenters. The lowest BCUT2D eigenvalue weighted by Crippen LogP contribution is -1.95. The molecule has 0 fully saturated rings. The highest BCUT2D eigenvalue weighted by atomic mass is 19.1. The fourth-order valence-electron chi connectivity index (χ4n) is 1.94. The van der Waals surface area contributed by atoms with E-state index in [1.165, 1.54) is 0 Å². The minimum absolute atomic E-state index is 0.141. The Balaban J connectivity index is 2.03. The third kappa shape index (κ3) is 3.82. The molecule has 0 aliphatic rings. The molecule has 0 N–H and O–H groups in total. The Morgan fingerprint density at radius 3 is 2.74 bits per heavy atom. The van der Waals surface area contributed by atoms with E-state index in [4.69, 9.17) is 4.74 Å². The van der Waals surface area contributed by atoms with Gasteiger partial charge in [0.2, 0.25) is 0 Å². The topological polar surface area (TPSA) is 9.23 Å². The second-order valence-electron chi connectivity index (χ2n) is 4.51. The summed E-state index contributed by atoms with van der Waals surface area (Å²) in [6, 6.07) is 13.2. The molecule has 0 bridgehead atoms. The van der Waals surface area contributed by atoms with Crippen LogP contribution in [0.5, 0.6) is 5.75 Å². The molecule has 0 spiro atoms. The molecule has 0 unspecified atom stereocenters. The number of halogens is 1. The van der Waals surface area contributed by atoms with Crippen LogP contribution in [0.25, 0.3) is 0 Å². The third-order valence-corrected chi connectivity index (χ3v) is 2.94. The van der Waals surface area contributed by atoms with Crippen molar-refractivity contribution in [3.05, 3.63) is 71.4 Å². The van der Waals surface area contributed by atoms with Gasteiger partial charge in [0.05, 0.1) is 6.61 Å². The first kappa shape index (κ1) is 13.6. The van der Waals surface area contributed by atoms with Gasteiger partial charge >= 0.3 is 0 Å². The maximum atomic E-state index is 13.7. The maximum Gasteiger partial charge on any atom is 0.126 e. The van der Waals surface area contributed by atoms with Crippen LogP contribution >= 0.6 is 0 Å². The van der Waals surface area contributed by atoms with E-state index in [-0.39, 0.29) is 5.82 Å². The van der Waals surface area contributed by atoms with E-state index in [1.54, 1.807) is 6.07 Å². The lowest BCUT2D eigenvalue weighted by molar-refractivity contribution is 0.340. The molecule has 2 aromatic rings. The van der Waals surface area contributed by atoms with E-state index in [2.05, 4.69) is 0 Å². The summed E-state index contributed by atoms with van der Waals surface area (Å²) in [4.78, 5) is 0. The summed E-state index contributed by atoms with van der Waals surface area (Å²) in [6.45, 7) is 4.50. The summed E-state index contributed by atoms with van der Waals surface area (Å²) in [5.41, 5.74) is 2.71. The minimum atomic E-state index is -0.141. The van der Waals surface area contributed by atoms with Crippen LogP contribution in [0.3, 0.4) is 0 Å². The normalized spacial score (nSPS) is 10.5. The van der Waals surface area contributed by atoms with Crippen LogP contribution in [0.4, 0.5) is 4.39 Å². The zero-order valence-electron chi connectivity index (χ0n) is 11.3. The second-order valence-corrected chi connectivity index (χ2v) is 4.51. The molecule has 2 rings (SSSR count). The first-order valence-corrected chi connectivity index (χ1v) is 6.50. The maximum absolute atomic E-state index is 13.7. The van der Waals surface area contributed by atoms with Crippen molar-refractivity contribution in [2.45, 2.75) is 20.3 Å². The molecule has 1 nitrogen and oxygen atoms in total. The first-order valence-electron chi connectivity index (χ1n) is 6.50. The van der Waals surface area contributed by atoms with E-state index in [0.717, 1.165) is 16.9 Å². The molecule has 2 heteroatoms. The van der Waals surface area contributed by atoms with Crippen molar-refractivity contribution >= 4 is 0 Å². The van der Waals surface area contributed by atoms with Crippen LogP contribution in [0.2, 0.25) is 0 Å². The summed E-state index contributed by atoms with van der Waals surface area (Å²) in [5, 5.41) is 0. The molecule has 0 heterocycles. The van der Waals surface area contributed by atoms with Crippen LogP contribution in [-0.2, 0) is 6.42 Å². The Hall–Kier alpha value is -1.83.